The van der Waals surface area contributed by atoms with Gasteiger partial charge >= 0.3 is 35.8 Å². The largest absolute Gasteiger partial charge is 0.508 e. The number of thiophene rings is 2. The van der Waals surface area contributed by atoms with Crippen LogP contribution in [0.15, 0.2) is 103 Å². The highest BCUT2D eigenvalue weighted by atomic mass is 32.2. The summed E-state index contributed by atoms with van der Waals surface area (Å²) in [6, 6.07) is 24.3. The molecule has 0 radical (unpaired) electrons. The fourth-order valence-corrected chi connectivity index (χ4v) is 19.1. The number of aromatic amines is 3. The minimum Gasteiger partial charge on any atom is -0.508 e. The highest BCUT2D eigenvalue weighted by Crippen LogP contribution is 2.39. The van der Waals surface area contributed by atoms with E-state index in [1.807, 2.05) is 119 Å². The summed E-state index contributed by atoms with van der Waals surface area (Å²) in [5.41, 5.74) is 3.04. The van der Waals surface area contributed by atoms with E-state index in [4.69, 9.17) is 70.6 Å². The van der Waals surface area contributed by atoms with Crippen molar-refractivity contribution < 1.29 is 62.7 Å². The number of aromatic nitrogens is 6. The summed E-state index contributed by atoms with van der Waals surface area (Å²) in [4.78, 5) is 67.6. The van der Waals surface area contributed by atoms with Gasteiger partial charge in [-0.05, 0) is 213 Å². The van der Waals surface area contributed by atoms with Crippen LogP contribution in [0.4, 0.5) is 0 Å². The number of aromatic hydroxyl groups is 1. The number of carbonyl (C=O) groups excluding carboxylic acids is 5. The van der Waals surface area contributed by atoms with E-state index in [-0.39, 0.29) is 64.5 Å². The molecule has 1 aliphatic rings. The number of ether oxygens (including phenoxy) is 5. The first-order chi connectivity index (χ1) is 54.9. The predicted molar refractivity (Wildman–Crippen MR) is 504 cm³/mol. The summed E-state index contributed by atoms with van der Waals surface area (Å²) in [5.74, 6) is 4.34. The molecule has 0 bridgehead atoms. The van der Waals surface area contributed by atoms with Crippen molar-refractivity contribution in [3.05, 3.63) is 101 Å². The Morgan fingerprint density at radius 1 is 0.474 bits per heavy atom. The summed E-state index contributed by atoms with van der Waals surface area (Å²) < 4.78 is 35.6. The summed E-state index contributed by atoms with van der Waals surface area (Å²) in [6.45, 7) is 39.5. The van der Waals surface area contributed by atoms with Gasteiger partial charge in [0.05, 0.1) is 51.3 Å². The maximum Gasteiger partial charge on any atom is 0.312 e. The molecule has 5 N–H and O–H groups in total. The van der Waals surface area contributed by atoms with Crippen LogP contribution in [0.2, 0.25) is 0 Å². The number of thiol groups is 2. The molecule has 0 saturated heterocycles. The van der Waals surface area contributed by atoms with Gasteiger partial charge in [0.2, 0.25) is 0 Å². The highest BCUT2D eigenvalue weighted by molar-refractivity contribution is 8.02. The van der Waals surface area contributed by atoms with E-state index >= 15 is 0 Å². The van der Waals surface area contributed by atoms with Gasteiger partial charge in [-0.15, -0.1) is 71.5 Å². The van der Waals surface area contributed by atoms with Crippen molar-refractivity contribution >= 4 is 213 Å². The quantitative estimate of drug-likeness (QED) is 0.00476. The summed E-state index contributed by atoms with van der Waals surface area (Å²) in [6.07, 6.45) is 12.6. The van der Waals surface area contributed by atoms with Crippen molar-refractivity contribution in [1.29, 1.82) is 0 Å². The Kier molecular flexibility index (Phi) is 59.3. The Morgan fingerprint density at radius 2 is 0.802 bits per heavy atom. The molecule has 19 nitrogen and oxygen atoms in total. The van der Waals surface area contributed by atoms with Gasteiger partial charge in [0.25, 0.3) is 0 Å². The lowest BCUT2D eigenvalue weighted by Crippen LogP contribution is -2.37. The van der Waals surface area contributed by atoms with Gasteiger partial charge in [0.1, 0.15) is 37.8 Å². The zero-order valence-electron chi connectivity index (χ0n) is 70.9. The second kappa shape index (κ2) is 62.4. The molecule has 1 fully saturated rings. The lowest BCUT2D eigenvalue weighted by Gasteiger charge is -2.32. The van der Waals surface area contributed by atoms with Crippen molar-refractivity contribution in [1.82, 2.24) is 30.6 Å². The Morgan fingerprint density at radius 3 is 1.07 bits per heavy atom. The first-order valence-electron chi connectivity index (χ1n) is 39.3. The van der Waals surface area contributed by atoms with E-state index in [2.05, 4.69) is 115 Å². The number of phenols is 1. The van der Waals surface area contributed by atoms with Crippen LogP contribution in [0, 0.1) is 46.4 Å². The number of nitrogens with zero attached hydrogens (tertiary/aromatic N) is 3. The molecule has 2 aromatic carbocycles. The molecule has 116 heavy (non-hydrogen) atoms. The third-order valence-corrected chi connectivity index (χ3v) is 30.4. The first-order valence-corrected chi connectivity index (χ1v) is 50.4. The normalized spacial score (nSPS) is 13.4. The fraction of sp³-hybridized carbons (Fsp3) is 0.610. The molecule has 0 aliphatic heterocycles. The van der Waals surface area contributed by atoms with Gasteiger partial charge in [-0.2, -0.15) is 15.3 Å². The van der Waals surface area contributed by atoms with Crippen LogP contribution in [0.1, 0.15) is 244 Å². The Bertz CT molecular complexity index is 3890. The molecule has 5 aromatic heterocycles. The van der Waals surface area contributed by atoms with Crippen molar-refractivity contribution in [3.63, 3.8) is 0 Å². The zero-order chi connectivity index (χ0) is 87.4. The number of phenolic OH excluding ortho intramolecular Hbond substituents is 1. The average molecular weight is 1880 g/mol. The molecule has 7 aromatic rings. The summed E-state index contributed by atoms with van der Waals surface area (Å²) in [7, 11) is 0. The van der Waals surface area contributed by atoms with Crippen LogP contribution >= 0.6 is 177 Å². The van der Waals surface area contributed by atoms with E-state index in [9.17, 15) is 28.8 Å². The van der Waals surface area contributed by atoms with Crippen LogP contribution in [-0.4, -0.2) is 132 Å². The molecule has 34 heteroatoms. The van der Waals surface area contributed by atoms with E-state index in [1.54, 1.807) is 83.9 Å². The third-order valence-electron chi connectivity index (χ3n) is 18.7. The van der Waals surface area contributed by atoms with Crippen LogP contribution in [-0.2, 0) is 58.2 Å². The van der Waals surface area contributed by atoms with E-state index in [0.717, 1.165) is 100 Å². The average Bonchev–Trinajstić information content (AvgIpc) is 1.60. The van der Waals surface area contributed by atoms with Gasteiger partial charge in [0, 0.05) is 28.8 Å². The Balaban J connectivity index is 0.000000668. The minimum absolute atomic E-state index is 0.00998. The number of carboxylic acids is 1. The first kappa shape index (κ1) is 110. The molecule has 8 rings (SSSR count). The van der Waals surface area contributed by atoms with Crippen LogP contribution in [0.25, 0.3) is 0 Å². The smallest absolute Gasteiger partial charge is 0.312 e. The van der Waals surface area contributed by atoms with Crippen molar-refractivity contribution in [2.24, 2.45) is 34.5 Å². The minimum atomic E-state index is -0.722. The number of rotatable bonds is 37. The molecule has 1 saturated carbocycles. The molecule has 6 atom stereocenters. The van der Waals surface area contributed by atoms with Gasteiger partial charge in [0.15, 0.2) is 24.9 Å². The van der Waals surface area contributed by atoms with Crippen molar-refractivity contribution in [2.45, 2.75) is 268 Å². The van der Waals surface area contributed by atoms with Gasteiger partial charge in [-0.25, -0.2) is 0 Å². The summed E-state index contributed by atoms with van der Waals surface area (Å²) >= 11 is 39.2. The van der Waals surface area contributed by atoms with Crippen molar-refractivity contribution in [2.75, 3.05) is 49.4 Å². The topological polar surface area (TPSA) is 275 Å². The summed E-state index contributed by atoms with van der Waals surface area (Å²) in [5, 5.41) is 37.8. The molecule has 652 valence electrons. The number of nitrogens with one attached hydrogen (secondary N) is 3. The second-order valence-electron chi connectivity index (χ2n) is 28.3. The Hall–Kier alpha value is -3.75. The number of hydrogen-bond donors (Lipinski definition) is 7. The van der Waals surface area contributed by atoms with Crippen LogP contribution in [0.5, 0.6) is 5.75 Å². The molecule has 1 aliphatic carbocycles. The van der Waals surface area contributed by atoms with Crippen LogP contribution < -0.4 is 0 Å². The Labute approximate surface area is 758 Å². The number of esters is 5. The number of aliphatic carboxylic acids is 1. The van der Waals surface area contributed by atoms with Gasteiger partial charge in [-0.3, -0.25) is 44.1 Å². The molecule has 0 amide bonds. The number of H-pyrrole nitrogens is 3. The maximum atomic E-state index is 12.0. The van der Waals surface area contributed by atoms with E-state index < -0.39 is 11.4 Å². The number of hydrogen-bond acceptors (Lipinski definition) is 30. The second-order valence-corrected chi connectivity index (χ2v) is 43.7. The predicted octanol–water partition coefficient (Wildman–Crippen LogP) is 26.3. The standard InChI is InChI=1S/C13H16N2S3.C13H24O2.2C11H16O2S3.C10H14O.2C9H14N2O2S3.C6H12O2/c1-3-9(2)11-6-4-10(5-7-11)8-17-13-15-14-12(16)18-13;1-5-12(3,4)11(14)15-13(6-2)9-7-8-10-13;2*1-3-8(2)11(12)13-6-7-15-10-5-4-9(14)16-10;1-3-8(2)9-4-6-10(11)7-5-9;2*1-3-6(2)7(12)13-4-5-15-9-11-10-8(14)16-9;1-4-6(2,3)5(7)8/h4-7,9H,3,8H2,1-2H3,(H,14,16);5-10H2,1-4H3;2*4-5,8,14H,3,6-7H2,1-2H3;4-8,11H,3H2,1-2H3;2*6H,3-5H2,1-2H3,(H,10,14);4H2,1-3H3,(H,7,8). The SMILES string of the molecule is CCC(C)(C)C(=O)O.CCC(C)C(=O)OCCSc1ccc(S)s1.CCC(C)C(=O)OCCSc1ccc(S)s1.CCC(C)C(=O)OCCSc1n[nH]c(=S)s1.CCC(C)C(=O)OCCSc1n[nH]c(=S)s1.CCC(C)c1ccc(CSc2n[nH]c(=S)s2)cc1.CCC(C)c1ccc(O)cc1.CCC1(OC(=O)C(C)(C)CC)CCCC1. The number of benzene rings is 2. The molecular formula is C82H126N6O13S15. The van der Waals surface area contributed by atoms with E-state index in [0.29, 0.717) is 69.8 Å². The van der Waals surface area contributed by atoms with Gasteiger partial charge < -0.3 is 33.9 Å². The number of carbonyl (C=O) groups is 6. The lowest BCUT2D eigenvalue weighted by molar-refractivity contribution is -0.170. The molecule has 6 unspecified atom stereocenters. The monoisotopic (exact) mass is 1880 g/mol. The molecular weight excluding hydrogens is 1760 g/mol. The van der Waals surface area contributed by atoms with Crippen molar-refractivity contribution in [3.8, 4) is 5.75 Å². The van der Waals surface area contributed by atoms with Gasteiger partial charge in [-0.1, -0.05) is 210 Å². The molecule has 5 heterocycles. The zero-order valence-corrected chi connectivity index (χ0v) is 83.3. The molecule has 0 spiro atoms. The third kappa shape index (κ3) is 48.2. The fourth-order valence-electron chi connectivity index (χ4n) is 8.50. The maximum absolute atomic E-state index is 12.0. The highest BCUT2D eigenvalue weighted by Gasteiger charge is 2.39. The van der Waals surface area contributed by atoms with Crippen LogP contribution in [0.3, 0.4) is 0 Å². The lowest BCUT2D eigenvalue weighted by atomic mass is 9.89. The number of thioether (sulfide) groups is 5. The number of carboxylic acid groups (broad SMARTS) is 1. The van der Waals surface area contributed by atoms with E-state index in [1.165, 1.54) is 102 Å².